The number of aromatic nitrogens is 1. The van der Waals surface area contributed by atoms with E-state index in [-0.39, 0.29) is 18.2 Å². The molecule has 158 valence electrons. The summed E-state index contributed by atoms with van der Waals surface area (Å²) in [5.41, 5.74) is 3.38. The quantitative estimate of drug-likeness (QED) is 0.642. The third-order valence-corrected chi connectivity index (χ3v) is 5.49. The molecule has 1 saturated heterocycles. The lowest BCUT2D eigenvalue weighted by molar-refractivity contribution is -0.132. The van der Waals surface area contributed by atoms with Crippen molar-refractivity contribution in [2.45, 2.75) is 6.42 Å². The minimum atomic E-state index is -0.0124. The van der Waals surface area contributed by atoms with Crippen LogP contribution in [0.5, 0.6) is 5.75 Å². The Morgan fingerprint density at radius 3 is 2.29 bits per heavy atom. The molecule has 0 N–H and O–H groups in total. The van der Waals surface area contributed by atoms with Crippen molar-refractivity contribution in [1.82, 2.24) is 14.8 Å². The predicted octanol–water partition coefficient (Wildman–Crippen LogP) is 3.28. The highest BCUT2D eigenvalue weighted by Crippen LogP contribution is 2.25. The molecule has 6 heteroatoms. The summed E-state index contributed by atoms with van der Waals surface area (Å²) in [6.07, 6.45) is 1.98. The fourth-order valence-corrected chi connectivity index (χ4v) is 3.75. The van der Waals surface area contributed by atoms with Gasteiger partial charge in [0, 0.05) is 43.6 Å². The average molecular weight is 415 g/mol. The highest BCUT2D eigenvalue weighted by atomic mass is 16.5. The SMILES string of the molecule is COc1cccc(-c2cccc(C(=O)N3CCN(C(=O)Cc4ccccn4)CC3)c2)c1. The van der Waals surface area contributed by atoms with Gasteiger partial charge in [-0.1, -0.05) is 30.3 Å². The molecule has 6 nitrogen and oxygen atoms in total. The van der Waals surface area contributed by atoms with Gasteiger partial charge in [-0.15, -0.1) is 0 Å². The molecular formula is C25H25N3O3. The van der Waals surface area contributed by atoms with E-state index in [0.29, 0.717) is 31.7 Å². The van der Waals surface area contributed by atoms with Crippen molar-refractivity contribution in [1.29, 1.82) is 0 Å². The molecule has 4 rings (SSSR count). The number of ether oxygens (including phenoxy) is 1. The number of pyridine rings is 1. The normalized spacial score (nSPS) is 13.7. The number of methoxy groups -OCH3 is 1. The standard InChI is InChI=1S/C25H25N3O3/c1-31-23-10-5-7-20(17-23)19-6-4-8-21(16-19)25(30)28-14-12-27(13-15-28)24(29)18-22-9-2-3-11-26-22/h2-11,16-17H,12-15,18H2,1H3. The summed E-state index contributed by atoms with van der Waals surface area (Å²) >= 11 is 0. The molecule has 0 spiro atoms. The van der Waals surface area contributed by atoms with E-state index < -0.39 is 0 Å². The highest BCUT2D eigenvalue weighted by molar-refractivity contribution is 5.95. The molecule has 1 fully saturated rings. The summed E-state index contributed by atoms with van der Waals surface area (Å²) in [6.45, 7) is 2.12. The van der Waals surface area contributed by atoms with Gasteiger partial charge in [0.2, 0.25) is 5.91 Å². The van der Waals surface area contributed by atoms with Gasteiger partial charge in [-0.3, -0.25) is 14.6 Å². The monoisotopic (exact) mass is 415 g/mol. The number of rotatable bonds is 5. The van der Waals surface area contributed by atoms with Crippen molar-refractivity contribution in [3.8, 4) is 16.9 Å². The lowest BCUT2D eigenvalue weighted by Crippen LogP contribution is -2.51. The van der Waals surface area contributed by atoms with Crippen LogP contribution in [0.1, 0.15) is 16.1 Å². The van der Waals surface area contributed by atoms with Crippen LogP contribution in [0.2, 0.25) is 0 Å². The van der Waals surface area contributed by atoms with Gasteiger partial charge < -0.3 is 14.5 Å². The number of hydrogen-bond donors (Lipinski definition) is 0. The van der Waals surface area contributed by atoms with Gasteiger partial charge in [0.1, 0.15) is 5.75 Å². The molecule has 0 atom stereocenters. The Morgan fingerprint density at radius 1 is 0.871 bits per heavy atom. The zero-order valence-electron chi connectivity index (χ0n) is 17.5. The first kappa shape index (κ1) is 20.6. The number of amides is 2. The molecule has 2 amide bonds. The predicted molar refractivity (Wildman–Crippen MR) is 119 cm³/mol. The van der Waals surface area contributed by atoms with E-state index in [1.165, 1.54) is 0 Å². The summed E-state index contributed by atoms with van der Waals surface area (Å²) in [5.74, 6) is 0.813. The van der Waals surface area contributed by atoms with Crippen molar-refractivity contribution in [2.24, 2.45) is 0 Å². The topological polar surface area (TPSA) is 62.7 Å². The van der Waals surface area contributed by atoms with Gasteiger partial charge in [0.25, 0.3) is 5.91 Å². The second kappa shape index (κ2) is 9.43. The van der Waals surface area contributed by atoms with E-state index in [9.17, 15) is 9.59 Å². The summed E-state index contributed by atoms with van der Waals surface area (Å²) in [6, 6.07) is 21.0. The third kappa shape index (κ3) is 4.91. The Labute approximate surface area is 182 Å². The zero-order valence-corrected chi connectivity index (χ0v) is 17.5. The maximum atomic E-state index is 13.1. The van der Waals surface area contributed by atoms with Gasteiger partial charge >= 0.3 is 0 Å². The summed E-state index contributed by atoms with van der Waals surface area (Å²) < 4.78 is 5.30. The van der Waals surface area contributed by atoms with Crippen LogP contribution in [0, 0.1) is 0 Å². The first-order valence-corrected chi connectivity index (χ1v) is 10.4. The van der Waals surface area contributed by atoms with Crippen LogP contribution in [0.15, 0.2) is 72.9 Å². The van der Waals surface area contributed by atoms with Crippen molar-refractivity contribution < 1.29 is 14.3 Å². The molecule has 0 unspecified atom stereocenters. The number of nitrogens with zero attached hydrogens (tertiary/aromatic N) is 3. The Balaban J connectivity index is 1.39. The van der Waals surface area contributed by atoms with Gasteiger partial charge in [-0.25, -0.2) is 0 Å². The maximum absolute atomic E-state index is 13.1. The first-order chi connectivity index (χ1) is 15.1. The van der Waals surface area contributed by atoms with Crippen LogP contribution >= 0.6 is 0 Å². The molecule has 1 aliphatic heterocycles. The molecule has 0 saturated carbocycles. The Morgan fingerprint density at radius 2 is 1.58 bits per heavy atom. The minimum Gasteiger partial charge on any atom is -0.497 e. The lowest BCUT2D eigenvalue weighted by Gasteiger charge is -2.35. The molecule has 0 radical (unpaired) electrons. The van der Waals surface area contributed by atoms with Crippen molar-refractivity contribution >= 4 is 11.8 Å². The molecule has 2 heterocycles. The Hall–Kier alpha value is -3.67. The highest BCUT2D eigenvalue weighted by Gasteiger charge is 2.25. The van der Waals surface area contributed by atoms with Crippen molar-refractivity contribution in [3.05, 3.63) is 84.2 Å². The number of benzene rings is 2. The largest absolute Gasteiger partial charge is 0.497 e. The molecule has 0 aliphatic carbocycles. The maximum Gasteiger partial charge on any atom is 0.253 e. The van der Waals surface area contributed by atoms with Crippen molar-refractivity contribution in [3.63, 3.8) is 0 Å². The molecule has 1 aromatic heterocycles. The zero-order chi connectivity index (χ0) is 21.6. The van der Waals surface area contributed by atoms with E-state index in [2.05, 4.69) is 4.98 Å². The smallest absolute Gasteiger partial charge is 0.253 e. The van der Waals surface area contributed by atoms with E-state index >= 15 is 0 Å². The fraction of sp³-hybridized carbons (Fsp3) is 0.240. The van der Waals surface area contributed by atoms with E-state index in [0.717, 1.165) is 22.6 Å². The molecular weight excluding hydrogens is 390 g/mol. The first-order valence-electron chi connectivity index (χ1n) is 10.4. The second-order valence-corrected chi connectivity index (χ2v) is 7.48. The average Bonchev–Trinajstić information content (AvgIpc) is 2.84. The van der Waals surface area contributed by atoms with Gasteiger partial charge in [-0.2, -0.15) is 0 Å². The second-order valence-electron chi connectivity index (χ2n) is 7.48. The van der Waals surface area contributed by atoms with Crippen LogP contribution in [-0.4, -0.2) is 59.9 Å². The van der Waals surface area contributed by atoms with Crippen LogP contribution < -0.4 is 4.74 Å². The van der Waals surface area contributed by atoms with Gasteiger partial charge in [0.15, 0.2) is 0 Å². The van der Waals surface area contributed by atoms with Gasteiger partial charge in [-0.05, 0) is 47.5 Å². The van der Waals surface area contributed by atoms with Crippen LogP contribution in [0.25, 0.3) is 11.1 Å². The van der Waals surface area contributed by atoms with E-state index in [1.54, 1.807) is 13.3 Å². The molecule has 1 aliphatic rings. The van der Waals surface area contributed by atoms with E-state index in [1.807, 2.05) is 76.5 Å². The number of carbonyl (C=O) groups is 2. The molecule has 0 bridgehead atoms. The van der Waals surface area contributed by atoms with Crippen molar-refractivity contribution in [2.75, 3.05) is 33.3 Å². The summed E-state index contributed by atoms with van der Waals surface area (Å²) in [4.78, 5) is 33.4. The molecule has 3 aromatic rings. The Bertz CT molecular complexity index is 1060. The van der Waals surface area contributed by atoms with Crippen LogP contribution in [-0.2, 0) is 11.2 Å². The molecule has 31 heavy (non-hydrogen) atoms. The number of piperazine rings is 1. The number of carbonyl (C=O) groups excluding carboxylic acids is 2. The fourth-order valence-electron chi connectivity index (χ4n) is 3.75. The lowest BCUT2D eigenvalue weighted by atomic mass is 10.0. The van der Waals surface area contributed by atoms with E-state index in [4.69, 9.17) is 4.74 Å². The molecule has 2 aromatic carbocycles. The number of hydrogen-bond acceptors (Lipinski definition) is 4. The summed E-state index contributed by atoms with van der Waals surface area (Å²) in [5, 5.41) is 0. The van der Waals surface area contributed by atoms with Gasteiger partial charge in [0.05, 0.1) is 13.5 Å². The van der Waals surface area contributed by atoms with Crippen LogP contribution in [0.4, 0.5) is 0 Å². The Kier molecular flexibility index (Phi) is 6.26. The third-order valence-electron chi connectivity index (χ3n) is 5.49. The summed E-state index contributed by atoms with van der Waals surface area (Å²) in [7, 11) is 1.64. The van der Waals surface area contributed by atoms with Crippen LogP contribution in [0.3, 0.4) is 0 Å². The minimum absolute atomic E-state index is 0.0124.